The van der Waals surface area contributed by atoms with E-state index in [1.54, 1.807) is 13.0 Å². The van der Waals surface area contributed by atoms with Crippen molar-refractivity contribution in [3.8, 4) is 0 Å². The van der Waals surface area contributed by atoms with Crippen LogP contribution in [-0.4, -0.2) is 74.4 Å². The average molecular weight is 589 g/mol. The molecule has 8 heteroatoms. The maximum Gasteiger partial charge on any atom is 0.284 e. The summed E-state index contributed by atoms with van der Waals surface area (Å²) in [5, 5.41) is 34.3. The van der Waals surface area contributed by atoms with Crippen LogP contribution < -0.4 is 0 Å². The zero-order valence-electron chi connectivity index (χ0n) is 26.0. The largest absolute Gasteiger partial charge is 0.393 e. The Morgan fingerprint density at radius 1 is 1.00 bits per heavy atom. The molecule has 8 nitrogen and oxygen atoms in total. The summed E-state index contributed by atoms with van der Waals surface area (Å²) in [4.78, 5) is 13.6. The van der Waals surface area contributed by atoms with Crippen LogP contribution in [0.25, 0.3) is 0 Å². The molecule has 0 aromatic carbocycles. The van der Waals surface area contributed by atoms with Crippen molar-refractivity contribution < 1.29 is 39.1 Å². The smallest absolute Gasteiger partial charge is 0.284 e. The third-order valence-corrected chi connectivity index (χ3v) is 11.8. The second-order valence-electron chi connectivity index (χ2n) is 14.4. The number of epoxide rings is 1. The minimum Gasteiger partial charge on any atom is -0.393 e. The summed E-state index contributed by atoms with van der Waals surface area (Å²) in [7, 11) is 0. The number of unbranched alkanes of at least 4 members (excludes halogenated alkanes) is 10. The molecule has 11 atom stereocenters. The lowest BCUT2D eigenvalue weighted by atomic mass is 9.54. The van der Waals surface area contributed by atoms with Crippen LogP contribution in [-0.2, 0) is 23.7 Å². The number of Topliss-reactive ketones (excluding diaryl/α,β-unsaturated/α-hetero) is 1. The van der Waals surface area contributed by atoms with E-state index in [-0.39, 0.29) is 5.92 Å². The van der Waals surface area contributed by atoms with Crippen molar-refractivity contribution in [1.82, 2.24) is 0 Å². The van der Waals surface area contributed by atoms with Gasteiger partial charge in [-0.15, -0.1) is 0 Å². The van der Waals surface area contributed by atoms with Crippen LogP contribution in [0, 0.1) is 17.8 Å². The number of hydrogen-bond acceptors (Lipinski definition) is 8. The van der Waals surface area contributed by atoms with Crippen molar-refractivity contribution in [2.24, 2.45) is 17.8 Å². The van der Waals surface area contributed by atoms with E-state index in [1.165, 1.54) is 51.4 Å². The van der Waals surface area contributed by atoms with Gasteiger partial charge in [0.2, 0.25) is 0 Å². The van der Waals surface area contributed by atoms with Gasteiger partial charge >= 0.3 is 0 Å². The van der Waals surface area contributed by atoms with Crippen LogP contribution >= 0.6 is 0 Å². The van der Waals surface area contributed by atoms with E-state index >= 15 is 0 Å². The fourth-order valence-electron chi connectivity index (χ4n) is 9.54. The van der Waals surface area contributed by atoms with Gasteiger partial charge in [-0.2, -0.15) is 0 Å². The molecule has 3 heterocycles. The van der Waals surface area contributed by atoms with E-state index < -0.39 is 70.9 Å². The molecule has 236 valence electrons. The zero-order chi connectivity index (χ0) is 30.1. The summed E-state index contributed by atoms with van der Waals surface area (Å²) in [6.07, 6.45) is 13.5. The minimum absolute atomic E-state index is 0.184. The lowest BCUT2D eigenvalue weighted by molar-refractivity contribution is -0.430. The van der Waals surface area contributed by atoms with Crippen molar-refractivity contribution in [3.63, 3.8) is 0 Å². The number of aliphatic hydroxyl groups excluding tert-OH is 2. The second-order valence-corrected chi connectivity index (χ2v) is 14.4. The Hall–Kier alpha value is -1.13. The van der Waals surface area contributed by atoms with E-state index in [4.69, 9.17) is 18.9 Å². The van der Waals surface area contributed by atoms with Crippen molar-refractivity contribution in [2.75, 3.05) is 6.61 Å². The quantitative estimate of drug-likeness (QED) is 0.149. The Kier molecular flexibility index (Phi) is 7.90. The summed E-state index contributed by atoms with van der Waals surface area (Å²) in [5.74, 6) is -3.38. The molecule has 3 N–H and O–H groups in total. The van der Waals surface area contributed by atoms with Crippen LogP contribution in [0.3, 0.4) is 0 Å². The third-order valence-electron chi connectivity index (χ3n) is 11.8. The highest BCUT2D eigenvalue weighted by atomic mass is 16.9. The summed E-state index contributed by atoms with van der Waals surface area (Å²) in [6, 6.07) is 0. The van der Waals surface area contributed by atoms with E-state index in [0.717, 1.165) is 24.8 Å². The molecule has 3 saturated heterocycles. The van der Waals surface area contributed by atoms with E-state index in [9.17, 15) is 20.1 Å². The van der Waals surface area contributed by atoms with E-state index in [1.807, 2.05) is 6.92 Å². The monoisotopic (exact) mass is 588 g/mol. The van der Waals surface area contributed by atoms with Gasteiger partial charge in [0.1, 0.15) is 29.5 Å². The Bertz CT molecular complexity index is 1120. The zero-order valence-corrected chi connectivity index (χ0v) is 26.0. The summed E-state index contributed by atoms with van der Waals surface area (Å²) in [5.41, 5.74) is -4.36. The van der Waals surface area contributed by atoms with Gasteiger partial charge < -0.3 is 34.3 Å². The SMILES string of the molecule is C=C(C)[C@@]12C[C@H](C)[C@]34OC(CCCCCCCCCCCCC)(O[C@H]1C3C1O[C@@]1(CO)[C@H](O)[C@@]1(O)C(=O)C(C)=CC41)O2. The molecule has 3 aliphatic heterocycles. The fraction of sp³-hybridized carbons (Fsp3) is 0.853. The first-order valence-electron chi connectivity index (χ1n) is 16.7. The first-order chi connectivity index (χ1) is 20.0. The van der Waals surface area contributed by atoms with Crippen molar-refractivity contribution in [1.29, 1.82) is 0 Å². The van der Waals surface area contributed by atoms with Gasteiger partial charge in [-0.05, 0) is 43.8 Å². The Morgan fingerprint density at radius 2 is 1.62 bits per heavy atom. The van der Waals surface area contributed by atoms with Crippen LogP contribution in [0.15, 0.2) is 23.8 Å². The predicted octanol–water partition coefficient (Wildman–Crippen LogP) is 4.88. The maximum atomic E-state index is 13.6. The number of ketones is 1. The topological polar surface area (TPSA) is 118 Å². The molecule has 42 heavy (non-hydrogen) atoms. The lowest BCUT2D eigenvalue weighted by Crippen LogP contribution is -2.72. The van der Waals surface area contributed by atoms with Crippen LogP contribution in [0.2, 0.25) is 0 Å². The van der Waals surface area contributed by atoms with Gasteiger partial charge in [0.15, 0.2) is 11.4 Å². The van der Waals surface area contributed by atoms with Crippen LogP contribution in [0.5, 0.6) is 0 Å². The number of hydrogen-bond donors (Lipinski definition) is 3. The first-order valence-corrected chi connectivity index (χ1v) is 16.7. The van der Waals surface area contributed by atoms with E-state index in [0.29, 0.717) is 18.4 Å². The molecule has 0 aromatic rings. The van der Waals surface area contributed by atoms with Crippen LogP contribution in [0.4, 0.5) is 0 Å². The first kappa shape index (κ1) is 30.9. The molecule has 0 amide bonds. The Labute approximate surface area is 250 Å². The number of rotatable bonds is 14. The van der Waals surface area contributed by atoms with Crippen molar-refractivity contribution in [2.45, 2.75) is 158 Å². The number of ether oxygens (including phenoxy) is 4. The predicted molar refractivity (Wildman–Crippen MR) is 156 cm³/mol. The van der Waals surface area contributed by atoms with Crippen LogP contribution in [0.1, 0.15) is 111 Å². The normalized spacial score (nSPS) is 48.0. The molecule has 6 aliphatic rings. The highest BCUT2D eigenvalue weighted by Gasteiger charge is 2.88. The summed E-state index contributed by atoms with van der Waals surface area (Å²) >= 11 is 0. The summed E-state index contributed by atoms with van der Waals surface area (Å²) in [6.45, 7) is 11.7. The van der Waals surface area contributed by atoms with Gasteiger partial charge in [0, 0.05) is 18.3 Å². The molecule has 0 spiro atoms. The van der Waals surface area contributed by atoms with Crippen molar-refractivity contribution in [3.05, 3.63) is 23.8 Å². The average Bonchev–Trinajstić information content (AvgIpc) is 3.60. The standard InChI is InChI=1S/C34H52O8/c1-6-7-8-9-10-11-12-13-14-15-16-17-32-40-27-25-28-31(20-35,39-28)29(37)33(38)24(18-22(4)26(33)36)34(25,42-32)23(5)19-30(27,41-32)21(2)3/h18,23-25,27-29,35,37-38H,2,6-17,19-20H2,1,3-5H3/t23-,24?,25?,27-,28?,29-,30-,31+,32?,33-,34+/m0/s1. The molecule has 6 rings (SSSR count). The number of aliphatic hydroxyl groups is 3. The van der Waals surface area contributed by atoms with Crippen molar-refractivity contribution >= 4 is 5.78 Å². The van der Waals surface area contributed by atoms with E-state index in [2.05, 4.69) is 20.4 Å². The molecule has 4 unspecified atom stereocenters. The molecule has 2 saturated carbocycles. The number of carbonyl (C=O) groups is 1. The number of fused-ring (bicyclic) bond motifs is 3. The molecule has 0 aromatic heterocycles. The third kappa shape index (κ3) is 4.08. The molecule has 3 aliphatic carbocycles. The van der Waals surface area contributed by atoms with Gasteiger partial charge in [-0.1, -0.05) is 90.7 Å². The molecular formula is C34H52O8. The van der Waals surface area contributed by atoms with Gasteiger partial charge in [0.05, 0.1) is 12.2 Å². The Balaban J connectivity index is 1.24. The maximum absolute atomic E-state index is 13.6. The van der Waals surface area contributed by atoms with Gasteiger partial charge in [0.25, 0.3) is 5.97 Å². The van der Waals surface area contributed by atoms with Gasteiger partial charge in [-0.25, -0.2) is 0 Å². The summed E-state index contributed by atoms with van der Waals surface area (Å²) < 4.78 is 26.9. The highest BCUT2D eigenvalue weighted by molar-refractivity contribution is 6.05. The molecule has 3 bridgehead atoms. The lowest BCUT2D eigenvalue weighted by Gasteiger charge is -2.59. The molecule has 0 radical (unpaired) electrons. The molecule has 5 fully saturated rings. The fourth-order valence-corrected chi connectivity index (χ4v) is 9.54. The Morgan fingerprint density at radius 3 is 2.21 bits per heavy atom. The van der Waals surface area contributed by atoms with Gasteiger partial charge in [-0.3, -0.25) is 4.79 Å². The number of carbonyl (C=O) groups excluding carboxylic acids is 1. The highest BCUT2D eigenvalue weighted by Crippen LogP contribution is 2.73. The second kappa shape index (κ2) is 10.7. The minimum atomic E-state index is -2.18. The molecular weight excluding hydrogens is 536 g/mol.